The topological polar surface area (TPSA) is 57.7 Å². The molecule has 1 heterocycles. The first-order valence-electron chi connectivity index (χ1n) is 7.25. The number of carbonyl (C=O) groups is 1. The summed E-state index contributed by atoms with van der Waals surface area (Å²) in [5.41, 5.74) is 0.920. The second kappa shape index (κ2) is 6.75. The lowest BCUT2D eigenvalue weighted by atomic mass is 10.0. The molecule has 1 atom stereocenters. The van der Waals surface area contributed by atoms with Gasteiger partial charge in [0.25, 0.3) is 0 Å². The predicted molar refractivity (Wildman–Crippen MR) is 82.2 cm³/mol. The number of nitrogens with zero attached hydrogens (tertiary/aromatic N) is 2. The van der Waals surface area contributed by atoms with Crippen LogP contribution < -0.4 is 0 Å². The van der Waals surface area contributed by atoms with Crippen LogP contribution in [-0.4, -0.2) is 49.9 Å². The van der Waals surface area contributed by atoms with Crippen LogP contribution in [0.25, 0.3) is 0 Å². The van der Waals surface area contributed by atoms with E-state index in [9.17, 15) is 17.6 Å². The van der Waals surface area contributed by atoms with E-state index in [1.165, 1.54) is 23.5 Å². The molecule has 7 heteroatoms. The Morgan fingerprint density at radius 1 is 1.36 bits per heavy atom. The third-order valence-electron chi connectivity index (χ3n) is 4.03. The quantitative estimate of drug-likeness (QED) is 0.828. The Kier molecular flexibility index (Phi) is 5.18. The molecule has 1 aromatic carbocycles. The molecule has 0 aromatic heterocycles. The molecule has 0 spiro atoms. The fourth-order valence-electron chi connectivity index (χ4n) is 2.66. The first kappa shape index (κ1) is 16.9. The molecular formula is C15H21FN2O3S. The summed E-state index contributed by atoms with van der Waals surface area (Å²) in [5.74, 6) is -0.364. The highest BCUT2D eigenvalue weighted by molar-refractivity contribution is 7.88. The van der Waals surface area contributed by atoms with Crippen molar-refractivity contribution in [3.05, 3.63) is 35.6 Å². The first-order valence-corrected chi connectivity index (χ1v) is 9.10. The molecule has 1 fully saturated rings. The third-order valence-corrected chi connectivity index (χ3v) is 5.35. The molecule has 1 amide bonds. The summed E-state index contributed by atoms with van der Waals surface area (Å²) in [6.07, 6.45) is 3.02. The SMILES string of the molecule is CN(CCC(=O)N1CCC[C@H]1c1ccc(F)cc1)S(C)(=O)=O. The molecule has 0 saturated carbocycles. The number of likely N-dealkylation sites (tertiary alicyclic amines) is 1. The van der Waals surface area contributed by atoms with Crippen LogP contribution in [0.4, 0.5) is 4.39 Å². The van der Waals surface area contributed by atoms with Crippen LogP contribution in [0.15, 0.2) is 24.3 Å². The van der Waals surface area contributed by atoms with Gasteiger partial charge in [0.2, 0.25) is 15.9 Å². The number of halogens is 1. The van der Waals surface area contributed by atoms with E-state index >= 15 is 0 Å². The number of carbonyl (C=O) groups excluding carboxylic acids is 1. The van der Waals surface area contributed by atoms with Crippen molar-refractivity contribution in [1.29, 1.82) is 0 Å². The Balaban J connectivity index is 2.01. The summed E-state index contributed by atoms with van der Waals surface area (Å²) in [5, 5.41) is 0. The van der Waals surface area contributed by atoms with Crippen LogP contribution in [0.1, 0.15) is 30.9 Å². The Morgan fingerprint density at radius 3 is 2.59 bits per heavy atom. The van der Waals surface area contributed by atoms with Gasteiger partial charge < -0.3 is 4.90 Å². The van der Waals surface area contributed by atoms with Gasteiger partial charge in [-0.2, -0.15) is 0 Å². The van der Waals surface area contributed by atoms with E-state index < -0.39 is 10.0 Å². The zero-order valence-electron chi connectivity index (χ0n) is 12.8. The number of hydrogen-bond acceptors (Lipinski definition) is 3. The minimum atomic E-state index is -3.27. The highest BCUT2D eigenvalue weighted by Crippen LogP contribution is 2.32. The molecule has 1 aliphatic rings. The van der Waals surface area contributed by atoms with Gasteiger partial charge in [0.05, 0.1) is 12.3 Å². The average Bonchev–Trinajstić information content (AvgIpc) is 2.93. The zero-order chi connectivity index (χ0) is 16.3. The van der Waals surface area contributed by atoms with Crippen molar-refractivity contribution in [2.75, 3.05) is 26.4 Å². The number of rotatable bonds is 5. The van der Waals surface area contributed by atoms with Crippen LogP contribution in [0, 0.1) is 5.82 Å². The third kappa shape index (κ3) is 4.04. The molecule has 1 aliphatic heterocycles. The Labute approximate surface area is 130 Å². The zero-order valence-corrected chi connectivity index (χ0v) is 13.6. The molecular weight excluding hydrogens is 307 g/mol. The highest BCUT2D eigenvalue weighted by Gasteiger charge is 2.30. The molecule has 0 radical (unpaired) electrons. The molecule has 2 rings (SSSR count). The van der Waals surface area contributed by atoms with Crippen molar-refractivity contribution < 1.29 is 17.6 Å². The Morgan fingerprint density at radius 2 is 2.00 bits per heavy atom. The van der Waals surface area contributed by atoms with Crippen LogP contribution in [0.3, 0.4) is 0 Å². The van der Waals surface area contributed by atoms with Gasteiger partial charge >= 0.3 is 0 Å². The van der Waals surface area contributed by atoms with Crippen LogP contribution in [0.5, 0.6) is 0 Å². The van der Waals surface area contributed by atoms with E-state index in [2.05, 4.69) is 0 Å². The van der Waals surface area contributed by atoms with E-state index in [1.54, 1.807) is 17.0 Å². The van der Waals surface area contributed by atoms with Crippen LogP contribution >= 0.6 is 0 Å². The fraction of sp³-hybridized carbons (Fsp3) is 0.533. The van der Waals surface area contributed by atoms with E-state index in [-0.39, 0.29) is 30.7 Å². The second-order valence-corrected chi connectivity index (χ2v) is 7.72. The number of amides is 1. The normalized spacial score (nSPS) is 18.9. The van der Waals surface area contributed by atoms with Crippen LogP contribution in [-0.2, 0) is 14.8 Å². The molecule has 0 aliphatic carbocycles. The van der Waals surface area contributed by atoms with Gasteiger partial charge in [0, 0.05) is 26.6 Å². The summed E-state index contributed by atoms with van der Waals surface area (Å²) in [6, 6.07) is 6.15. The second-order valence-electron chi connectivity index (χ2n) is 5.63. The maximum absolute atomic E-state index is 13.0. The molecule has 0 bridgehead atoms. The van der Waals surface area contributed by atoms with Crippen molar-refractivity contribution in [2.45, 2.75) is 25.3 Å². The highest BCUT2D eigenvalue weighted by atomic mass is 32.2. The van der Waals surface area contributed by atoms with Crippen molar-refractivity contribution in [3.63, 3.8) is 0 Å². The van der Waals surface area contributed by atoms with Gasteiger partial charge in [0.15, 0.2) is 0 Å². The summed E-state index contributed by atoms with van der Waals surface area (Å²) < 4.78 is 36.9. The predicted octanol–water partition coefficient (Wildman–Crippen LogP) is 1.77. The molecule has 1 saturated heterocycles. The molecule has 122 valence electrons. The summed E-state index contributed by atoms with van der Waals surface area (Å²) in [7, 11) is -1.81. The number of hydrogen-bond donors (Lipinski definition) is 0. The minimum Gasteiger partial charge on any atom is -0.336 e. The van der Waals surface area contributed by atoms with Gasteiger partial charge in [-0.25, -0.2) is 17.1 Å². The van der Waals surface area contributed by atoms with Crippen molar-refractivity contribution >= 4 is 15.9 Å². The summed E-state index contributed by atoms with van der Waals surface area (Å²) in [4.78, 5) is 14.1. The maximum Gasteiger partial charge on any atom is 0.224 e. The Hall–Kier alpha value is -1.47. The molecule has 5 nitrogen and oxygen atoms in total. The van der Waals surface area contributed by atoms with Crippen molar-refractivity contribution in [1.82, 2.24) is 9.21 Å². The standard InChI is InChI=1S/C15H21FN2O3S/c1-17(22(2,20)21)11-9-15(19)18-10-3-4-14(18)12-5-7-13(16)8-6-12/h5-8,14H,3-4,9-11H2,1-2H3/t14-/m0/s1. The number of benzene rings is 1. The summed E-state index contributed by atoms with van der Waals surface area (Å²) in [6.45, 7) is 0.827. The monoisotopic (exact) mass is 328 g/mol. The van der Waals surface area contributed by atoms with Gasteiger partial charge in [-0.3, -0.25) is 4.79 Å². The van der Waals surface area contributed by atoms with Gasteiger partial charge in [0.1, 0.15) is 5.82 Å². The van der Waals surface area contributed by atoms with Gasteiger partial charge in [-0.05, 0) is 30.5 Å². The largest absolute Gasteiger partial charge is 0.336 e. The summed E-state index contributed by atoms with van der Waals surface area (Å²) >= 11 is 0. The van der Waals surface area contributed by atoms with E-state index in [1.807, 2.05) is 0 Å². The van der Waals surface area contributed by atoms with Crippen molar-refractivity contribution in [3.8, 4) is 0 Å². The lowest BCUT2D eigenvalue weighted by Crippen LogP contribution is -2.34. The lowest BCUT2D eigenvalue weighted by molar-refractivity contribution is -0.132. The average molecular weight is 328 g/mol. The van der Waals surface area contributed by atoms with E-state index in [4.69, 9.17) is 0 Å². The van der Waals surface area contributed by atoms with Gasteiger partial charge in [-0.1, -0.05) is 12.1 Å². The molecule has 0 unspecified atom stereocenters. The van der Waals surface area contributed by atoms with Crippen LogP contribution in [0.2, 0.25) is 0 Å². The molecule has 1 aromatic rings. The smallest absolute Gasteiger partial charge is 0.224 e. The fourth-order valence-corrected chi connectivity index (χ4v) is 3.08. The first-order chi connectivity index (χ1) is 10.3. The Bertz CT molecular complexity index is 631. The van der Waals surface area contributed by atoms with E-state index in [0.29, 0.717) is 6.54 Å². The lowest BCUT2D eigenvalue weighted by Gasteiger charge is -2.26. The van der Waals surface area contributed by atoms with E-state index in [0.717, 1.165) is 24.7 Å². The number of sulfonamides is 1. The van der Waals surface area contributed by atoms with Gasteiger partial charge in [-0.15, -0.1) is 0 Å². The molecule has 0 N–H and O–H groups in total. The molecule has 22 heavy (non-hydrogen) atoms. The minimum absolute atomic E-state index is 0.0448. The van der Waals surface area contributed by atoms with Crippen molar-refractivity contribution in [2.24, 2.45) is 0 Å². The maximum atomic E-state index is 13.0.